The number of benzene rings is 1. The summed E-state index contributed by atoms with van der Waals surface area (Å²) >= 11 is 0. The lowest BCUT2D eigenvalue weighted by molar-refractivity contribution is -0.131. The molecule has 114 valence electrons. The fourth-order valence-electron chi connectivity index (χ4n) is 3.08. The van der Waals surface area contributed by atoms with Crippen LogP contribution in [0.2, 0.25) is 0 Å². The molecule has 2 aromatic carbocycles. The van der Waals surface area contributed by atoms with Crippen LogP contribution in [0.3, 0.4) is 0 Å². The third kappa shape index (κ3) is 2.54. The van der Waals surface area contributed by atoms with Gasteiger partial charge in [-0.25, -0.2) is 0 Å². The molecule has 0 aromatic heterocycles. The monoisotopic (exact) mass is 298 g/mol. The van der Waals surface area contributed by atoms with Crippen molar-refractivity contribution in [1.82, 2.24) is 4.90 Å². The van der Waals surface area contributed by atoms with Gasteiger partial charge in [0.25, 0.3) is 0 Å². The summed E-state index contributed by atoms with van der Waals surface area (Å²) in [6, 6.07) is 10.3. The molecule has 22 heavy (non-hydrogen) atoms. The maximum Gasteiger partial charge on any atom is 0.249 e. The van der Waals surface area contributed by atoms with E-state index in [1.807, 2.05) is 18.2 Å². The van der Waals surface area contributed by atoms with Crippen LogP contribution in [0.15, 0.2) is 39.9 Å². The summed E-state index contributed by atoms with van der Waals surface area (Å²) in [7, 11) is 0. The highest BCUT2D eigenvalue weighted by molar-refractivity contribution is 5.81. The number of hydrogen-bond donors (Lipinski definition) is 1. The Labute approximate surface area is 128 Å². The molecular formula is C17H18N2O3. The van der Waals surface area contributed by atoms with E-state index in [-0.39, 0.29) is 23.6 Å². The lowest BCUT2D eigenvalue weighted by atomic mass is 9.89. The third-order valence-corrected chi connectivity index (χ3v) is 4.50. The average Bonchev–Trinajstić information content (AvgIpc) is 2.59. The van der Waals surface area contributed by atoms with E-state index in [1.165, 1.54) is 5.56 Å². The molecule has 0 saturated carbocycles. The maximum atomic E-state index is 12.2. The van der Waals surface area contributed by atoms with Crippen LogP contribution in [0.5, 0.6) is 0 Å². The van der Waals surface area contributed by atoms with E-state index in [0.717, 1.165) is 12.8 Å². The number of nitrogens with two attached hydrogens (primary N) is 1. The number of rotatable bonds is 3. The summed E-state index contributed by atoms with van der Waals surface area (Å²) in [4.78, 5) is 36.4. The molecule has 2 N–H and O–H groups in total. The van der Waals surface area contributed by atoms with E-state index in [4.69, 9.17) is 5.73 Å². The Hall–Kier alpha value is -2.43. The lowest BCUT2D eigenvalue weighted by Gasteiger charge is -2.32. The molecule has 1 heterocycles. The van der Waals surface area contributed by atoms with Crippen LogP contribution in [0.25, 0.3) is 0 Å². The van der Waals surface area contributed by atoms with Crippen LogP contribution in [-0.4, -0.2) is 23.9 Å². The van der Waals surface area contributed by atoms with Crippen LogP contribution < -0.4 is 16.6 Å². The zero-order valence-corrected chi connectivity index (χ0v) is 12.2. The Bertz CT molecular complexity index is 752. The van der Waals surface area contributed by atoms with Crippen molar-refractivity contribution >= 4 is 11.6 Å². The van der Waals surface area contributed by atoms with Gasteiger partial charge in [0.15, 0.2) is 0 Å². The molecule has 1 aliphatic rings. The first kappa shape index (κ1) is 14.5. The van der Waals surface area contributed by atoms with Crippen molar-refractivity contribution in [2.75, 3.05) is 18.8 Å². The number of anilines is 1. The predicted octanol–water partition coefficient (Wildman–Crippen LogP) is 0.814. The SMILES string of the molecule is Nc1c(CC(=O)N2CCC(c3ccccc3)CC2)c(=O)c1=O. The number of hydrogen-bond acceptors (Lipinski definition) is 4. The molecule has 3 rings (SSSR count). The van der Waals surface area contributed by atoms with E-state index in [0.29, 0.717) is 19.0 Å². The van der Waals surface area contributed by atoms with Gasteiger partial charge in [0.05, 0.1) is 12.1 Å². The highest BCUT2D eigenvalue weighted by atomic mass is 16.2. The Morgan fingerprint density at radius 1 is 1.09 bits per heavy atom. The van der Waals surface area contributed by atoms with Crippen molar-refractivity contribution in [3.8, 4) is 0 Å². The second-order valence-electron chi connectivity index (χ2n) is 5.79. The number of carbonyl (C=O) groups excluding carboxylic acids is 1. The van der Waals surface area contributed by atoms with Crippen molar-refractivity contribution in [3.63, 3.8) is 0 Å². The van der Waals surface area contributed by atoms with E-state index < -0.39 is 10.9 Å². The molecule has 0 radical (unpaired) electrons. The average molecular weight is 298 g/mol. The van der Waals surface area contributed by atoms with Gasteiger partial charge in [0, 0.05) is 18.7 Å². The summed E-state index contributed by atoms with van der Waals surface area (Å²) in [5, 5.41) is 0. The quantitative estimate of drug-likeness (QED) is 0.850. The Morgan fingerprint density at radius 2 is 1.73 bits per heavy atom. The molecule has 0 aliphatic carbocycles. The highest BCUT2D eigenvalue weighted by Crippen LogP contribution is 2.28. The van der Waals surface area contributed by atoms with E-state index in [2.05, 4.69) is 12.1 Å². The molecule has 1 saturated heterocycles. The van der Waals surface area contributed by atoms with E-state index in [1.54, 1.807) is 4.90 Å². The zero-order valence-electron chi connectivity index (χ0n) is 12.2. The van der Waals surface area contributed by atoms with Gasteiger partial charge in [-0.15, -0.1) is 0 Å². The molecule has 1 amide bonds. The Kier molecular flexibility index (Phi) is 3.79. The molecule has 1 aliphatic heterocycles. The second-order valence-corrected chi connectivity index (χ2v) is 5.79. The molecular weight excluding hydrogens is 280 g/mol. The van der Waals surface area contributed by atoms with Crippen LogP contribution in [0, 0.1) is 0 Å². The topological polar surface area (TPSA) is 80.5 Å². The first-order valence-electron chi connectivity index (χ1n) is 7.48. The van der Waals surface area contributed by atoms with Crippen molar-refractivity contribution < 1.29 is 4.79 Å². The number of amides is 1. The lowest BCUT2D eigenvalue weighted by Crippen LogP contribution is -2.43. The number of likely N-dealkylation sites (tertiary alicyclic amines) is 1. The Morgan fingerprint density at radius 3 is 2.32 bits per heavy atom. The fraction of sp³-hybridized carbons (Fsp3) is 0.353. The first-order chi connectivity index (χ1) is 10.6. The summed E-state index contributed by atoms with van der Waals surface area (Å²) < 4.78 is 0. The molecule has 1 fully saturated rings. The fourth-order valence-corrected chi connectivity index (χ4v) is 3.08. The number of carbonyl (C=O) groups is 1. The minimum Gasteiger partial charge on any atom is -0.395 e. The minimum atomic E-state index is -0.661. The van der Waals surface area contributed by atoms with Gasteiger partial charge >= 0.3 is 0 Å². The van der Waals surface area contributed by atoms with Gasteiger partial charge < -0.3 is 10.6 Å². The molecule has 0 spiro atoms. The summed E-state index contributed by atoms with van der Waals surface area (Å²) in [6.07, 6.45) is 1.78. The summed E-state index contributed by atoms with van der Waals surface area (Å²) in [5.74, 6) is 0.353. The maximum absolute atomic E-state index is 12.2. The van der Waals surface area contributed by atoms with Crippen molar-refractivity contribution in [1.29, 1.82) is 0 Å². The highest BCUT2D eigenvalue weighted by Gasteiger charge is 2.27. The molecule has 5 nitrogen and oxygen atoms in total. The first-order valence-corrected chi connectivity index (χ1v) is 7.48. The van der Waals surface area contributed by atoms with Gasteiger partial charge in [-0.2, -0.15) is 0 Å². The summed E-state index contributed by atoms with van der Waals surface area (Å²) in [6.45, 7) is 1.35. The van der Waals surface area contributed by atoms with Crippen molar-refractivity contribution in [3.05, 3.63) is 61.9 Å². The molecule has 0 bridgehead atoms. The van der Waals surface area contributed by atoms with E-state index >= 15 is 0 Å². The van der Waals surface area contributed by atoms with Gasteiger partial charge in [0.2, 0.25) is 16.8 Å². The van der Waals surface area contributed by atoms with Crippen molar-refractivity contribution in [2.45, 2.75) is 25.2 Å². The Balaban J connectivity index is 1.59. The van der Waals surface area contributed by atoms with Crippen LogP contribution in [0.1, 0.15) is 29.9 Å². The smallest absolute Gasteiger partial charge is 0.249 e. The molecule has 5 heteroatoms. The number of nitrogens with zero attached hydrogens (tertiary/aromatic N) is 1. The second kappa shape index (κ2) is 5.75. The minimum absolute atomic E-state index is 0.0440. The van der Waals surface area contributed by atoms with Crippen LogP contribution >= 0.6 is 0 Å². The van der Waals surface area contributed by atoms with Crippen LogP contribution in [0.4, 0.5) is 5.69 Å². The third-order valence-electron chi connectivity index (χ3n) is 4.50. The largest absolute Gasteiger partial charge is 0.395 e. The molecule has 0 unspecified atom stereocenters. The zero-order chi connectivity index (χ0) is 15.7. The summed E-state index contributed by atoms with van der Waals surface area (Å²) in [5.41, 5.74) is 5.65. The molecule has 2 aromatic rings. The molecule has 0 atom stereocenters. The van der Waals surface area contributed by atoms with Gasteiger partial charge in [0.1, 0.15) is 0 Å². The number of piperidine rings is 1. The van der Waals surface area contributed by atoms with Gasteiger partial charge in [-0.05, 0) is 24.3 Å². The standard InChI is InChI=1S/C17H18N2O3/c18-15-13(16(21)17(15)22)10-14(20)19-8-6-12(7-9-19)11-4-2-1-3-5-11/h1-5,12H,6-10,18H2. The number of nitrogen functional groups attached to an aromatic ring is 1. The van der Waals surface area contributed by atoms with Crippen molar-refractivity contribution in [2.24, 2.45) is 0 Å². The van der Waals surface area contributed by atoms with Gasteiger partial charge in [-0.3, -0.25) is 14.4 Å². The predicted molar refractivity (Wildman–Crippen MR) is 84.5 cm³/mol. The normalized spacial score (nSPS) is 16.1. The van der Waals surface area contributed by atoms with Gasteiger partial charge in [-0.1, -0.05) is 30.3 Å². The van der Waals surface area contributed by atoms with E-state index in [9.17, 15) is 14.4 Å². The van der Waals surface area contributed by atoms with Crippen LogP contribution in [-0.2, 0) is 11.2 Å².